The van der Waals surface area contributed by atoms with Crippen LogP contribution in [0.2, 0.25) is 0 Å². The maximum Gasteiger partial charge on any atom is 0.333 e. The van der Waals surface area contributed by atoms with Crippen molar-refractivity contribution < 1.29 is 9.53 Å². The zero-order chi connectivity index (χ0) is 14.1. The molecule has 0 aromatic heterocycles. The molecule has 0 aliphatic heterocycles. The zero-order valence-electron chi connectivity index (χ0n) is 12.1. The fourth-order valence-electron chi connectivity index (χ4n) is 1.83. The number of benzene rings is 1. The van der Waals surface area contributed by atoms with Crippen molar-refractivity contribution in [1.29, 1.82) is 0 Å². The molecule has 0 spiro atoms. The Morgan fingerprint density at radius 3 is 2.58 bits per heavy atom. The van der Waals surface area contributed by atoms with Gasteiger partial charge < -0.3 is 9.64 Å². The highest BCUT2D eigenvalue weighted by molar-refractivity contribution is 5.88. The third-order valence-electron chi connectivity index (χ3n) is 3.10. The molecule has 0 amide bonds. The van der Waals surface area contributed by atoms with E-state index in [0.717, 1.165) is 25.1 Å². The van der Waals surface area contributed by atoms with Crippen LogP contribution in [-0.2, 0) is 16.0 Å². The van der Waals surface area contributed by atoms with Crippen LogP contribution in [0.15, 0.2) is 42.0 Å². The number of esters is 1. The second kappa shape index (κ2) is 8.48. The largest absolute Gasteiger partial charge is 0.466 e. The molecule has 0 bridgehead atoms. The average molecular weight is 261 g/mol. The predicted octanol–water partition coefficient (Wildman–Crippen LogP) is 2.67. The second-order valence-corrected chi connectivity index (χ2v) is 4.57. The number of hydrogen-bond donors (Lipinski definition) is 0. The Morgan fingerprint density at radius 1 is 1.32 bits per heavy atom. The molecule has 0 N–H and O–H groups in total. The summed E-state index contributed by atoms with van der Waals surface area (Å²) in [5, 5.41) is 0. The Kier molecular flexibility index (Phi) is 6.90. The van der Waals surface area contributed by atoms with Gasteiger partial charge in [-0.1, -0.05) is 43.3 Å². The molecule has 1 rings (SSSR count). The van der Waals surface area contributed by atoms with Gasteiger partial charge in [0.25, 0.3) is 0 Å². The highest BCUT2D eigenvalue weighted by Gasteiger charge is 2.06. The topological polar surface area (TPSA) is 29.5 Å². The first-order valence-electron chi connectivity index (χ1n) is 6.67. The van der Waals surface area contributed by atoms with Crippen LogP contribution in [0.5, 0.6) is 0 Å². The first-order valence-corrected chi connectivity index (χ1v) is 6.67. The molecule has 0 saturated carbocycles. The molecule has 0 fully saturated rings. The summed E-state index contributed by atoms with van der Waals surface area (Å²) in [5.74, 6) is -0.223. The van der Waals surface area contributed by atoms with Crippen molar-refractivity contribution in [3.8, 4) is 0 Å². The van der Waals surface area contributed by atoms with E-state index in [9.17, 15) is 4.79 Å². The van der Waals surface area contributed by atoms with Gasteiger partial charge in [-0.05, 0) is 25.5 Å². The molecule has 1 aromatic carbocycles. The first kappa shape index (κ1) is 15.4. The van der Waals surface area contributed by atoms with E-state index in [2.05, 4.69) is 36.2 Å². The van der Waals surface area contributed by atoms with E-state index >= 15 is 0 Å². The van der Waals surface area contributed by atoms with Crippen LogP contribution >= 0.6 is 0 Å². The fourth-order valence-corrected chi connectivity index (χ4v) is 1.83. The van der Waals surface area contributed by atoms with Crippen molar-refractivity contribution in [2.75, 3.05) is 27.2 Å². The number of carbonyl (C=O) groups is 1. The number of nitrogens with zero attached hydrogens (tertiary/aromatic N) is 1. The number of methoxy groups -OCH3 is 1. The van der Waals surface area contributed by atoms with Crippen LogP contribution in [0, 0.1) is 0 Å². The highest BCUT2D eigenvalue weighted by atomic mass is 16.5. The highest BCUT2D eigenvalue weighted by Crippen LogP contribution is 2.04. The molecule has 0 aliphatic rings. The Morgan fingerprint density at radius 2 is 2.00 bits per heavy atom. The number of hydrogen-bond acceptors (Lipinski definition) is 3. The lowest BCUT2D eigenvalue weighted by Crippen LogP contribution is -2.22. The van der Waals surface area contributed by atoms with E-state index in [1.165, 1.54) is 12.7 Å². The molecule has 104 valence electrons. The molecular weight excluding hydrogens is 238 g/mol. The Hall–Kier alpha value is -1.61. The molecule has 0 heterocycles. The van der Waals surface area contributed by atoms with Crippen LogP contribution in [0.25, 0.3) is 0 Å². The Bertz CT molecular complexity index is 412. The van der Waals surface area contributed by atoms with Gasteiger partial charge in [0.1, 0.15) is 0 Å². The molecule has 19 heavy (non-hydrogen) atoms. The minimum Gasteiger partial charge on any atom is -0.466 e. The van der Waals surface area contributed by atoms with Crippen molar-refractivity contribution >= 4 is 5.97 Å². The van der Waals surface area contributed by atoms with Crippen LogP contribution in [0.3, 0.4) is 0 Å². The van der Waals surface area contributed by atoms with Gasteiger partial charge in [-0.3, -0.25) is 0 Å². The second-order valence-electron chi connectivity index (χ2n) is 4.57. The predicted molar refractivity (Wildman–Crippen MR) is 78.0 cm³/mol. The van der Waals surface area contributed by atoms with Gasteiger partial charge in [-0.25, -0.2) is 4.79 Å². The lowest BCUT2D eigenvalue weighted by molar-refractivity contribution is -0.136. The maximum absolute atomic E-state index is 11.4. The van der Waals surface area contributed by atoms with Crippen molar-refractivity contribution in [3.63, 3.8) is 0 Å². The van der Waals surface area contributed by atoms with E-state index < -0.39 is 0 Å². The van der Waals surface area contributed by atoms with E-state index in [1.54, 1.807) is 0 Å². The van der Waals surface area contributed by atoms with Crippen LogP contribution < -0.4 is 0 Å². The maximum atomic E-state index is 11.4. The summed E-state index contributed by atoms with van der Waals surface area (Å²) in [7, 11) is 3.48. The number of likely N-dealkylation sites (N-methyl/N-ethyl adjacent to an activating group) is 1. The SMILES string of the molecule is CCC(=CCN(C)CCc1ccccc1)C(=O)OC. The van der Waals surface area contributed by atoms with Gasteiger partial charge in [-0.15, -0.1) is 0 Å². The summed E-state index contributed by atoms with van der Waals surface area (Å²) in [4.78, 5) is 13.6. The van der Waals surface area contributed by atoms with Crippen molar-refractivity contribution in [3.05, 3.63) is 47.5 Å². The molecule has 0 unspecified atom stereocenters. The molecule has 0 saturated heterocycles. The number of carbonyl (C=O) groups excluding carboxylic acids is 1. The summed E-state index contributed by atoms with van der Waals surface area (Å²) >= 11 is 0. The smallest absolute Gasteiger partial charge is 0.333 e. The van der Waals surface area contributed by atoms with Gasteiger partial charge in [0.15, 0.2) is 0 Å². The van der Waals surface area contributed by atoms with Gasteiger partial charge in [0, 0.05) is 18.7 Å². The van der Waals surface area contributed by atoms with E-state index in [-0.39, 0.29) is 5.97 Å². The summed E-state index contributed by atoms with van der Waals surface area (Å²) < 4.78 is 4.74. The monoisotopic (exact) mass is 261 g/mol. The quantitative estimate of drug-likeness (QED) is 0.558. The fraction of sp³-hybridized carbons (Fsp3) is 0.438. The number of ether oxygens (including phenoxy) is 1. The van der Waals surface area contributed by atoms with Crippen molar-refractivity contribution in [1.82, 2.24) is 4.90 Å². The summed E-state index contributed by atoms with van der Waals surface area (Å²) in [5.41, 5.74) is 2.08. The van der Waals surface area contributed by atoms with Gasteiger partial charge in [-0.2, -0.15) is 0 Å². The standard InChI is InChI=1S/C16H23NO2/c1-4-15(16(18)19-3)11-13-17(2)12-10-14-8-6-5-7-9-14/h5-9,11H,4,10,12-13H2,1-3H3. The average Bonchev–Trinajstić information content (AvgIpc) is 2.46. The van der Waals surface area contributed by atoms with Gasteiger partial charge in [0.2, 0.25) is 0 Å². The van der Waals surface area contributed by atoms with Crippen LogP contribution in [-0.4, -0.2) is 38.1 Å². The summed E-state index contributed by atoms with van der Waals surface area (Å²) in [6, 6.07) is 10.4. The first-order chi connectivity index (χ1) is 9.17. The van der Waals surface area contributed by atoms with Crippen LogP contribution in [0.4, 0.5) is 0 Å². The van der Waals surface area contributed by atoms with E-state index in [4.69, 9.17) is 4.74 Å². The lowest BCUT2D eigenvalue weighted by atomic mass is 10.1. The third-order valence-corrected chi connectivity index (χ3v) is 3.10. The van der Waals surface area contributed by atoms with Gasteiger partial charge >= 0.3 is 5.97 Å². The molecule has 1 aromatic rings. The van der Waals surface area contributed by atoms with E-state index in [1.807, 2.05) is 19.1 Å². The molecule has 0 atom stereocenters. The Balaban J connectivity index is 2.40. The normalized spacial score (nSPS) is 11.7. The van der Waals surface area contributed by atoms with Crippen molar-refractivity contribution in [2.24, 2.45) is 0 Å². The van der Waals surface area contributed by atoms with E-state index in [0.29, 0.717) is 6.42 Å². The minimum absolute atomic E-state index is 0.223. The van der Waals surface area contributed by atoms with Gasteiger partial charge in [0.05, 0.1) is 7.11 Å². The third kappa shape index (κ3) is 5.71. The molecule has 0 aliphatic carbocycles. The van der Waals surface area contributed by atoms with Crippen molar-refractivity contribution in [2.45, 2.75) is 19.8 Å². The summed E-state index contributed by atoms with van der Waals surface area (Å²) in [6.07, 6.45) is 3.68. The van der Waals surface area contributed by atoms with Crippen LogP contribution in [0.1, 0.15) is 18.9 Å². The molecule has 0 radical (unpaired) electrons. The summed E-state index contributed by atoms with van der Waals surface area (Å²) in [6.45, 7) is 3.70. The molecule has 3 heteroatoms. The minimum atomic E-state index is -0.223. The zero-order valence-corrected chi connectivity index (χ0v) is 12.1. The molecule has 3 nitrogen and oxygen atoms in total. The number of rotatable bonds is 7. The Labute approximate surface area is 115 Å². The molecular formula is C16H23NO2. The lowest BCUT2D eigenvalue weighted by Gasteiger charge is -2.15.